The zero-order valence-electron chi connectivity index (χ0n) is 19.2. The number of halogens is 1. The number of carbonyl (C=O) groups is 2. The lowest BCUT2D eigenvalue weighted by Crippen LogP contribution is -2.28. The van der Waals surface area contributed by atoms with Crippen molar-refractivity contribution >= 4 is 46.0 Å². The number of aryl methyl sites for hydroxylation is 1. The van der Waals surface area contributed by atoms with Gasteiger partial charge < -0.3 is 14.8 Å². The average molecular weight is 477 g/mol. The number of nitrogens with one attached hydrogen (secondary N) is 1. The Bertz CT molecular complexity index is 1350. The standard InChI is InChI=1S/C26H25FN4O2S/c1-17-7-6-9-21(18(17)2)28-24(32)15-31-23-10-5-4-8-22(23)29-26(31)34-16-25(33)30(3)20-13-11-19(27)12-14-20/h4-14H,15-16H2,1-3H3,(H,28,32). The van der Waals surface area contributed by atoms with Gasteiger partial charge >= 0.3 is 0 Å². The summed E-state index contributed by atoms with van der Waals surface area (Å²) in [4.78, 5) is 31.8. The summed E-state index contributed by atoms with van der Waals surface area (Å²) in [6, 6.07) is 19.1. The summed E-state index contributed by atoms with van der Waals surface area (Å²) in [6.45, 7) is 4.05. The normalized spacial score (nSPS) is 10.9. The predicted molar refractivity (Wildman–Crippen MR) is 135 cm³/mol. The minimum Gasteiger partial charge on any atom is -0.324 e. The third-order valence-electron chi connectivity index (χ3n) is 5.71. The Morgan fingerprint density at radius 2 is 1.76 bits per heavy atom. The van der Waals surface area contributed by atoms with Crippen LogP contribution in [0.25, 0.3) is 11.0 Å². The second-order valence-corrected chi connectivity index (χ2v) is 8.93. The SMILES string of the molecule is Cc1cccc(NC(=O)Cn2c(SCC(=O)N(C)c3ccc(F)cc3)nc3ccccc32)c1C. The molecule has 0 saturated carbocycles. The maximum absolute atomic E-state index is 13.2. The van der Waals surface area contributed by atoms with Gasteiger partial charge in [0.1, 0.15) is 12.4 Å². The zero-order chi connectivity index (χ0) is 24.2. The van der Waals surface area contributed by atoms with Crippen LogP contribution >= 0.6 is 11.8 Å². The van der Waals surface area contributed by atoms with Crippen molar-refractivity contribution in [2.45, 2.75) is 25.5 Å². The van der Waals surface area contributed by atoms with Gasteiger partial charge in [-0.15, -0.1) is 0 Å². The molecule has 0 unspecified atom stereocenters. The van der Waals surface area contributed by atoms with E-state index in [4.69, 9.17) is 0 Å². The lowest BCUT2D eigenvalue weighted by Gasteiger charge is -2.17. The van der Waals surface area contributed by atoms with Crippen molar-refractivity contribution in [3.8, 4) is 0 Å². The van der Waals surface area contributed by atoms with E-state index in [-0.39, 0.29) is 29.9 Å². The number of hydrogen-bond donors (Lipinski definition) is 1. The molecule has 0 aliphatic rings. The summed E-state index contributed by atoms with van der Waals surface area (Å²) in [7, 11) is 1.65. The van der Waals surface area contributed by atoms with Crippen LogP contribution in [0.15, 0.2) is 71.9 Å². The molecule has 0 fully saturated rings. The molecule has 0 radical (unpaired) electrons. The molecule has 1 N–H and O–H groups in total. The molecule has 0 atom stereocenters. The Labute approximate surface area is 201 Å². The summed E-state index contributed by atoms with van der Waals surface area (Å²) in [5.41, 5.74) is 5.08. The number of thioether (sulfide) groups is 1. The third-order valence-corrected chi connectivity index (χ3v) is 6.67. The van der Waals surface area contributed by atoms with Crippen molar-refractivity contribution in [1.29, 1.82) is 0 Å². The van der Waals surface area contributed by atoms with Crippen LogP contribution in [0, 0.1) is 19.7 Å². The summed E-state index contributed by atoms with van der Waals surface area (Å²) in [5.74, 6) is -0.564. The van der Waals surface area contributed by atoms with Crippen LogP contribution in [0.4, 0.5) is 15.8 Å². The first-order chi connectivity index (χ1) is 16.3. The van der Waals surface area contributed by atoms with E-state index in [0.717, 1.165) is 27.8 Å². The quantitative estimate of drug-likeness (QED) is 0.373. The molecule has 0 aliphatic heterocycles. The van der Waals surface area contributed by atoms with Gasteiger partial charge in [-0.05, 0) is 67.4 Å². The molecule has 2 amide bonds. The van der Waals surface area contributed by atoms with Crippen LogP contribution in [0.5, 0.6) is 0 Å². The Hall–Kier alpha value is -3.65. The highest BCUT2D eigenvalue weighted by Crippen LogP contribution is 2.26. The highest BCUT2D eigenvalue weighted by Gasteiger charge is 2.18. The Kier molecular flexibility index (Phi) is 6.98. The molecule has 6 nitrogen and oxygen atoms in total. The second kappa shape index (κ2) is 10.1. The number of para-hydroxylation sites is 2. The van der Waals surface area contributed by atoms with Crippen LogP contribution in [0.1, 0.15) is 11.1 Å². The molecule has 4 aromatic rings. The number of amides is 2. The molecule has 174 valence electrons. The molecular formula is C26H25FN4O2S. The molecule has 1 aromatic heterocycles. The third kappa shape index (κ3) is 5.12. The molecule has 0 saturated heterocycles. The van der Waals surface area contributed by atoms with E-state index in [1.54, 1.807) is 19.2 Å². The number of anilines is 2. The van der Waals surface area contributed by atoms with E-state index >= 15 is 0 Å². The molecule has 1 heterocycles. The Morgan fingerprint density at radius 3 is 2.53 bits per heavy atom. The molecule has 8 heteroatoms. The van der Waals surface area contributed by atoms with E-state index in [2.05, 4.69) is 10.3 Å². The smallest absolute Gasteiger partial charge is 0.244 e. The summed E-state index contributed by atoms with van der Waals surface area (Å²) in [6.07, 6.45) is 0. The fourth-order valence-electron chi connectivity index (χ4n) is 3.57. The van der Waals surface area contributed by atoms with Crippen molar-refractivity contribution < 1.29 is 14.0 Å². The van der Waals surface area contributed by atoms with Crippen LogP contribution < -0.4 is 10.2 Å². The second-order valence-electron chi connectivity index (χ2n) is 7.98. The molecule has 0 aliphatic carbocycles. The topological polar surface area (TPSA) is 67.2 Å². The van der Waals surface area contributed by atoms with Gasteiger partial charge in [0.05, 0.1) is 16.8 Å². The number of carbonyl (C=O) groups excluding carboxylic acids is 2. The average Bonchev–Trinajstić information content (AvgIpc) is 3.17. The van der Waals surface area contributed by atoms with E-state index in [1.165, 1.54) is 28.8 Å². The lowest BCUT2D eigenvalue weighted by atomic mass is 10.1. The first-order valence-electron chi connectivity index (χ1n) is 10.8. The van der Waals surface area contributed by atoms with E-state index in [9.17, 15) is 14.0 Å². The van der Waals surface area contributed by atoms with Gasteiger partial charge in [-0.1, -0.05) is 36.0 Å². The molecule has 3 aromatic carbocycles. The van der Waals surface area contributed by atoms with Gasteiger partial charge in [-0.3, -0.25) is 9.59 Å². The maximum Gasteiger partial charge on any atom is 0.244 e. The highest BCUT2D eigenvalue weighted by atomic mass is 32.2. The number of hydrogen-bond acceptors (Lipinski definition) is 4. The number of rotatable bonds is 7. The Balaban J connectivity index is 1.52. The zero-order valence-corrected chi connectivity index (χ0v) is 20.0. The first-order valence-corrected chi connectivity index (χ1v) is 11.8. The van der Waals surface area contributed by atoms with Crippen LogP contribution in [0.3, 0.4) is 0 Å². The van der Waals surface area contributed by atoms with Crippen molar-refractivity contribution in [3.63, 3.8) is 0 Å². The minimum atomic E-state index is -0.355. The van der Waals surface area contributed by atoms with E-state index in [1.807, 2.05) is 60.9 Å². The number of aromatic nitrogens is 2. The van der Waals surface area contributed by atoms with Gasteiger partial charge in [-0.2, -0.15) is 0 Å². The number of fused-ring (bicyclic) bond motifs is 1. The largest absolute Gasteiger partial charge is 0.324 e. The van der Waals surface area contributed by atoms with Gasteiger partial charge in [0.2, 0.25) is 11.8 Å². The van der Waals surface area contributed by atoms with E-state index < -0.39 is 0 Å². The minimum absolute atomic E-state index is 0.0677. The van der Waals surface area contributed by atoms with Gasteiger partial charge in [0.25, 0.3) is 0 Å². The lowest BCUT2D eigenvalue weighted by molar-refractivity contribution is -0.117. The van der Waals surface area contributed by atoms with Crippen molar-refractivity contribution in [1.82, 2.24) is 9.55 Å². The van der Waals surface area contributed by atoms with Crippen LogP contribution in [0.2, 0.25) is 0 Å². The summed E-state index contributed by atoms with van der Waals surface area (Å²) >= 11 is 1.27. The predicted octanol–water partition coefficient (Wildman–Crippen LogP) is 5.19. The van der Waals surface area contributed by atoms with Gasteiger partial charge in [0.15, 0.2) is 5.16 Å². The number of benzene rings is 3. The fourth-order valence-corrected chi connectivity index (χ4v) is 4.50. The molecule has 0 bridgehead atoms. The number of imidazole rings is 1. The molecule has 4 rings (SSSR count). The summed E-state index contributed by atoms with van der Waals surface area (Å²) in [5, 5.41) is 3.57. The summed E-state index contributed by atoms with van der Waals surface area (Å²) < 4.78 is 15.0. The number of nitrogens with zero attached hydrogens (tertiary/aromatic N) is 3. The van der Waals surface area contributed by atoms with E-state index in [0.29, 0.717) is 10.8 Å². The van der Waals surface area contributed by atoms with Crippen molar-refractivity contribution in [3.05, 3.63) is 83.7 Å². The monoisotopic (exact) mass is 476 g/mol. The van der Waals surface area contributed by atoms with Gasteiger partial charge in [0, 0.05) is 18.4 Å². The maximum atomic E-state index is 13.2. The van der Waals surface area contributed by atoms with Gasteiger partial charge in [-0.25, -0.2) is 9.37 Å². The molecule has 34 heavy (non-hydrogen) atoms. The first kappa shape index (κ1) is 23.5. The highest BCUT2D eigenvalue weighted by molar-refractivity contribution is 7.99. The van der Waals surface area contributed by atoms with Crippen LogP contribution in [-0.4, -0.2) is 34.2 Å². The van der Waals surface area contributed by atoms with Crippen LogP contribution in [-0.2, 0) is 16.1 Å². The molecular weight excluding hydrogens is 451 g/mol. The fraction of sp³-hybridized carbons (Fsp3) is 0.192. The van der Waals surface area contributed by atoms with Crippen molar-refractivity contribution in [2.24, 2.45) is 0 Å². The van der Waals surface area contributed by atoms with Crippen molar-refractivity contribution in [2.75, 3.05) is 23.0 Å². The Morgan fingerprint density at radius 1 is 1.03 bits per heavy atom. The molecule has 0 spiro atoms.